The second kappa shape index (κ2) is 7.98. The monoisotopic (exact) mass is 375 g/mol. The maximum Gasteiger partial charge on any atom is 0.338 e. The van der Waals surface area contributed by atoms with Crippen molar-refractivity contribution in [2.24, 2.45) is 5.92 Å². The summed E-state index contributed by atoms with van der Waals surface area (Å²) in [6.45, 7) is 6.60. The maximum absolute atomic E-state index is 12.7. The van der Waals surface area contributed by atoms with Crippen LogP contribution in [0.4, 0.5) is 10.5 Å². The van der Waals surface area contributed by atoms with Crippen molar-refractivity contribution in [3.05, 3.63) is 51.2 Å². The van der Waals surface area contributed by atoms with Crippen LogP contribution in [0.2, 0.25) is 0 Å². The van der Waals surface area contributed by atoms with E-state index < -0.39 is 28.9 Å². The van der Waals surface area contributed by atoms with Gasteiger partial charge in [-0.1, -0.05) is 26.0 Å². The highest BCUT2D eigenvalue weighted by Crippen LogP contribution is 2.35. The van der Waals surface area contributed by atoms with Crippen LogP contribution in [0.25, 0.3) is 0 Å². The van der Waals surface area contributed by atoms with Crippen molar-refractivity contribution in [1.82, 2.24) is 10.2 Å². The molecule has 1 aliphatic rings. The number of carbonyl (C=O) groups is 3. The van der Waals surface area contributed by atoms with Crippen molar-refractivity contribution in [2.45, 2.75) is 33.7 Å². The smallest absolute Gasteiger partial charge is 0.338 e. The van der Waals surface area contributed by atoms with Crippen LogP contribution in [0, 0.1) is 16.0 Å². The van der Waals surface area contributed by atoms with Crippen molar-refractivity contribution in [2.75, 3.05) is 6.61 Å². The molecule has 0 fully saturated rings. The number of allylic oxidation sites excluding steroid dienone is 1. The minimum atomic E-state index is -1.11. The van der Waals surface area contributed by atoms with Gasteiger partial charge < -0.3 is 10.1 Å². The molecule has 1 aromatic carbocycles. The second-order valence-electron chi connectivity index (χ2n) is 6.60. The van der Waals surface area contributed by atoms with E-state index in [2.05, 4.69) is 5.32 Å². The van der Waals surface area contributed by atoms with E-state index in [1.54, 1.807) is 0 Å². The first-order chi connectivity index (χ1) is 12.6. The van der Waals surface area contributed by atoms with Gasteiger partial charge in [-0.3, -0.25) is 19.8 Å². The van der Waals surface area contributed by atoms with Gasteiger partial charge in [-0.15, -0.1) is 0 Å². The molecule has 1 N–H and O–H groups in total. The van der Waals surface area contributed by atoms with E-state index in [1.807, 2.05) is 13.8 Å². The average molecular weight is 375 g/mol. The maximum atomic E-state index is 12.7. The van der Waals surface area contributed by atoms with Gasteiger partial charge in [-0.25, -0.2) is 9.59 Å². The second-order valence-corrected chi connectivity index (χ2v) is 6.60. The van der Waals surface area contributed by atoms with Gasteiger partial charge in [0.25, 0.3) is 5.69 Å². The minimum absolute atomic E-state index is 0.0611. The van der Waals surface area contributed by atoms with Crippen LogP contribution in [0.5, 0.6) is 0 Å². The number of imide groups is 1. The molecule has 0 radical (unpaired) electrons. The highest BCUT2D eigenvalue weighted by molar-refractivity contribution is 6.01. The molecule has 27 heavy (non-hydrogen) atoms. The number of nitrogens with one attached hydrogen (secondary N) is 1. The normalized spacial score (nSPS) is 17.0. The Kier molecular flexibility index (Phi) is 5.94. The van der Waals surface area contributed by atoms with Crippen molar-refractivity contribution >= 4 is 23.6 Å². The molecule has 3 amide bonds. The number of carbonyl (C=O) groups excluding carboxylic acids is 3. The lowest BCUT2D eigenvalue weighted by Gasteiger charge is -2.35. The molecule has 1 unspecified atom stereocenters. The molecule has 1 aromatic rings. The first kappa shape index (κ1) is 20.1. The summed E-state index contributed by atoms with van der Waals surface area (Å²) in [6.07, 6.45) is 0. The molecule has 1 atom stereocenters. The van der Waals surface area contributed by atoms with Crippen LogP contribution in [-0.2, 0) is 14.3 Å². The van der Waals surface area contributed by atoms with Gasteiger partial charge in [0.1, 0.15) is 6.04 Å². The summed E-state index contributed by atoms with van der Waals surface area (Å²) in [7, 11) is 0. The van der Waals surface area contributed by atoms with Gasteiger partial charge in [0, 0.05) is 24.8 Å². The zero-order valence-electron chi connectivity index (χ0n) is 15.5. The van der Waals surface area contributed by atoms with Gasteiger partial charge in [0.15, 0.2) is 0 Å². The first-order valence-electron chi connectivity index (χ1n) is 8.36. The van der Waals surface area contributed by atoms with Crippen molar-refractivity contribution in [3.63, 3.8) is 0 Å². The van der Waals surface area contributed by atoms with Gasteiger partial charge in [-0.2, -0.15) is 0 Å². The number of rotatable bonds is 5. The number of nitro benzene ring substituents is 1. The van der Waals surface area contributed by atoms with E-state index in [4.69, 9.17) is 4.74 Å². The summed E-state index contributed by atoms with van der Waals surface area (Å²) < 4.78 is 5.29. The number of hydrogen-bond donors (Lipinski definition) is 1. The molecule has 0 aromatic heterocycles. The topological polar surface area (TPSA) is 119 Å². The fourth-order valence-corrected chi connectivity index (χ4v) is 2.77. The number of hydrogen-bond acceptors (Lipinski definition) is 6. The standard InChI is InChI=1S/C18H21N3O6/c1-10(2)9-27-17(23)15-11(3)19-18(24)20(12(4)22)16(15)13-6-5-7-14(8-13)21(25)26/h5-8,10,16H,9H2,1-4H3,(H,19,24). The van der Waals surface area contributed by atoms with Gasteiger partial charge in [0.2, 0.25) is 5.91 Å². The number of nitro groups is 1. The Bertz CT molecular complexity index is 830. The van der Waals surface area contributed by atoms with Crippen molar-refractivity contribution in [3.8, 4) is 0 Å². The minimum Gasteiger partial charge on any atom is -0.462 e. The predicted molar refractivity (Wildman–Crippen MR) is 95.4 cm³/mol. The van der Waals surface area contributed by atoms with Crippen LogP contribution >= 0.6 is 0 Å². The first-order valence-corrected chi connectivity index (χ1v) is 8.36. The Balaban J connectivity index is 2.59. The fourth-order valence-electron chi connectivity index (χ4n) is 2.77. The zero-order valence-corrected chi connectivity index (χ0v) is 15.5. The number of benzene rings is 1. The summed E-state index contributed by atoms with van der Waals surface area (Å²) in [4.78, 5) is 48.5. The Labute approximate surface area is 156 Å². The van der Waals surface area contributed by atoms with Crippen molar-refractivity contribution < 1.29 is 24.0 Å². The van der Waals surface area contributed by atoms with E-state index in [-0.39, 0.29) is 35.0 Å². The molecule has 0 spiro atoms. The van der Waals surface area contributed by atoms with E-state index in [0.29, 0.717) is 0 Å². The lowest BCUT2D eigenvalue weighted by Crippen LogP contribution is -2.50. The van der Waals surface area contributed by atoms with Crippen molar-refractivity contribution in [1.29, 1.82) is 0 Å². The highest BCUT2D eigenvalue weighted by Gasteiger charge is 2.41. The summed E-state index contributed by atoms with van der Waals surface area (Å²) in [5, 5.41) is 13.6. The number of urea groups is 1. The number of amides is 3. The molecule has 0 aliphatic carbocycles. The third kappa shape index (κ3) is 4.30. The van der Waals surface area contributed by atoms with E-state index in [1.165, 1.54) is 38.1 Å². The molecule has 9 heteroatoms. The quantitative estimate of drug-likeness (QED) is 0.480. The Morgan fingerprint density at radius 3 is 2.59 bits per heavy atom. The largest absolute Gasteiger partial charge is 0.462 e. The van der Waals surface area contributed by atoms with E-state index in [0.717, 1.165) is 4.90 Å². The molecular weight excluding hydrogens is 354 g/mol. The third-order valence-electron chi connectivity index (χ3n) is 3.95. The Morgan fingerprint density at radius 1 is 1.37 bits per heavy atom. The molecule has 0 bridgehead atoms. The zero-order chi connectivity index (χ0) is 20.3. The van der Waals surface area contributed by atoms with Crippen LogP contribution in [0.3, 0.4) is 0 Å². The summed E-state index contributed by atoms with van der Waals surface area (Å²) in [6, 6.07) is 3.66. The van der Waals surface area contributed by atoms with E-state index >= 15 is 0 Å². The molecule has 144 valence electrons. The Hall–Kier alpha value is -3.23. The summed E-state index contributed by atoms with van der Waals surface area (Å²) >= 11 is 0. The SMILES string of the molecule is CC(=O)N1C(=O)NC(C)=C(C(=O)OCC(C)C)C1c1cccc([N+](=O)[O-])c1. The van der Waals surface area contributed by atoms with Crippen LogP contribution in [0.1, 0.15) is 39.3 Å². The van der Waals surface area contributed by atoms with Gasteiger partial charge in [0.05, 0.1) is 17.1 Å². The molecule has 1 heterocycles. The van der Waals surface area contributed by atoms with Crippen LogP contribution in [-0.4, -0.2) is 34.3 Å². The third-order valence-corrected chi connectivity index (χ3v) is 3.95. The average Bonchev–Trinajstić information content (AvgIpc) is 2.58. The lowest BCUT2D eigenvalue weighted by atomic mass is 9.93. The predicted octanol–water partition coefficient (Wildman–Crippen LogP) is 2.68. The van der Waals surface area contributed by atoms with Gasteiger partial charge in [-0.05, 0) is 18.4 Å². The lowest BCUT2D eigenvalue weighted by molar-refractivity contribution is -0.384. The number of esters is 1. The summed E-state index contributed by atoms with van der Waals surface area (Å²) in [5.74, 6) is -1.21. The molecular formula is C18H21N3O6. The molecule has 2 rings (SSSR count). The molecule has 1 aliphatic heterocycles. The van der Waals surface area contributed by atoms with Crippen LogP contribution < -0.4 is 5.32 Å². The Morgan fingerprint density at radius 2 is 2.04 bits per heavy atom. The number of non-ortho nitro benzene ring substituents is 1. The van der Waals surface area contributed by atoms with Crippen LogP contribution in [0.15, 0.2) is 35.5 Å². The molecule has 0 saturated carbocycles. The van der Waals surface area contributed by atoms with Gasteiger partial charge >= 0.3 is 12.0 Å². The fraction of sp³-hybridized carbons (Fsp3) is 0.389. The molecule has 0 saturated heterocycles. The molecule has 9 nitrogen and oxygen atoms in total. The number of nitrogens with zero attached hydrogens (tertiary/aromatic N) is 2. The summed E-state index contributed by atoms with van der Waals surface area (Å²) in [5.41, 5.74) is 0.355. The number of ether oxygens (including phenoxy) is 1. The van der Waals surface area contributed by atoms with E-state index in [9.17, 15) is 24.5 Å². The highest BCUT2D eigenvalue weighted by atomic mass is 16.6.